The van der Waals surface area contributed by atoms with Crippen molar-refractivity contribution >= 4 is 44.2 Å². The van der Waals surface area contributed by atoms with Crippen molar-refractivity contribution in [2.24, 2.45) is 0 Å². The number of carbonyl (C=O) groups excluding carboxylic acids is 1. The number of rotatable bonds is 5. The fourth-order valence-electron chi connectivity index (χ4n) is 2.31. The van der Waals surface area contributed by atoms with Gasteiger partial charge in [-0.2, -0.15) is 0 Å². The van der Waals surface area contributed by atoms with Gasteiger partial charge in [-0.15, -0.1) is 0 Å². The Morgan fingerprint density at radius 1 is 1.21 bits per heavy atom. The Balaban J connectivity index is 1.77. The minimum absolute atomic E-state index is 0.164. The molecule has 0 atom stereocenters. The van der Waals surface area contributed by atoms with Gasteiger partial charge in [-0.25, -0.2) is 4.98 Å². The Labute approximate surface area is 148 Å². The van der Waals surface area contributed by atoms with Crippen LogP contribution in [0.15, 0.2) is 36.4 Å². The fraction of sp³-hybridized carbons (Fsp3) is 0.176. The summed E-state index contributed by atoms with van der Waals surface area (Å²) in [5.74, 6) is 1.14. The third-order valence-corrected chi connectivity index (χ3v) is 4.60. The number of fused-ring (bicyclic) bond motifs is 1. The Hall–Kier alpha value is -2.31. The number of amides is 1. The van der Waals surface area contributed by atoms with E-state index in [9.17, 15) is 4.79 Å². The van der Waals surface area contributed by atoms with E-state index in [4.69, 9.17) is 21.1 Å². The molecule has 124 valence electrons. The summed E-state index contributed by atoms with van der Waals surface area (Å²) in [6.07, 6.45) is 0.164. The predicted molar refractivity (Wildman–Crippen MR) is 96.5 cm³/mol. The van der Waals surface area contributed by atoms with E-state index in [1.54, 1.807) is 38.5 Å². The van der Waals surface area contributed by atoms with Gasteiger partial charge in [0.2, 0.25) is 5.91 Å². The maximum atomic E-state index is 12.3. The molecule has 0 radical (unpaired) electrons. The van der Waals surface area contributed by atoms with Crippen LogP contribution in [-0.4, -0.2) is 25.1 Å². The van der Waals surface area contributed by atoms with Gasteiger partial charge in [0.1, 0.15) is 11.5 Å². The molecular formula is C17H15ClN2O3S. The molecule has 3 aromatic rings. The van der Waals surface area contributed by atoms with Crippen molar-refractivity contribution in [1.29, 1.82) is 0 Å². The second kappa shape index (κ2) is 7.07. The Morgan fingerprint density at radius 2 is 2.04 bits per heavy atom. The monoisotopic (exact) mass is 362 g/mol. The van der Waals surface area contributed by atoms with Crippen LogP contribution in [0.4, 0.5) is 5.13 Å². The molecule has 7 heteroatoms. The number of methoxy groups -OCH3 is 2. The number of hydrogen-bond acceptors (Lipinski definition) is 5. The smallest absolute Gasteiger partial charge is 0.230 e. The first-order valence-electron chi connectivity index (χ1n) is 7.16. The number of nitrogens with one attached hydrogen (secondary N) is 1. The van der Waals surface area contributed by atoms with Crippen molar-refractivity contribution in [3.8, 4) is 11.5 Å². The SMILES string of the molecule is COc1ccc(OC)c(CC(=O)Nc2nc3ccc(Cl)cc3s2)c1. The van der Waals surface area contributed by atoms with Gasteiger partial charge in [-0.05, 0) is 36.4 Å². The van der Waals surface area contributed by atoms with Gasteiger partial charge in [-0.3, -0.25) is 4.79 Å². The lowest BCUT2D eigenvalue weighted by molar-refractivity contribution is -0.115. The van der Waals surface area contributed by atoms with Crippen molar-refractivity contribution in [3.05, 3.63) is 47.0 Å². The number of nitrogens with zero attached hydrogens (tertiary/aromatic N) is 1. The van der Waals surface area contributed by atoms with E-state index in [1.165, 1.54) is 11.3 Å². The van der Waals surface area contributed by atoms with Crippen LogP contribution in [-0.2, 0) is 11.2 Å². The lowest BCUT2D eigenvalue weighted by Gasteiger charge is -2.10. The van der Waals surface area contributed by atoms with Crippen LogP contribution in [0, 0.1) is 0 Å². The van der Waals surface area contributed by atoms with E-state index in [-0.39, 0.29) is 12.3 Å². The number of halogens is 1. The summed E-state index contributed by atoms with van der Waals surface area (Å²) in [4.78, 5) is 16.7. The number of thiazole rings is 1. The summed E-state index contributed by atoms with van der Waals surface area (Å²) < 4.78 is 11.4. The van der Waals surface area contributed by atoms with Crippen LogP contribution in [0.1, 0.15) is 5.56 Å². The zero-order valence-corrected chi connectivity index (χ0v) is 14.7. The first kappa shape index (κ1) is 16.5. The number of aromatic nitrogens is 1. The standard InChI is InChI=1S/C17H15ClN2O3S/c1-22-12-4-6-14(23-2)10(7-12)8-16(21)20-17-19-13-5-3-11(18)9-15(13)24-17/h3-7,9H,8H2,1-2H3,(H,19,20,21). The third kappa shape index (κ3) is 3.60. The van der Waals surface area contributed by atoms with E-state index < -0.39 is 0 Å². The van der Waals surface area contributed by atoms with E-state index in [1.807, 2.05) is 12.1 Å². The number of carbonyl (C=O) groups is 1. The molecule has 0 aliphatic rings. The van der Waals surface area contributed by atoms with Gasteiger partial charge in [0.05, 0.1) is 30.9 Å². The second-order valence-electron chi connectivity index (χ2n) is 5.03. The summed E-state index contributed by atoms with van der Waals surface area (Å²) in [5.41, 5.74) is 1.55. The predicted octanol–water partition coefficient (Wildman–Crippen LogP) is 4.15. The Bertz CT molecular complexity index is 895. The van der Waals surface area contributed by atoms with Crippen molar-refractivity contribution in [3.63, 3.8) is 0 Å². The van der Waals surface area contributed by atoms with Crippen molar-refractivity contribution in [2.75, 3.05) is 19.5 Å². The highest BCUT2D eigenvalue weighted by atomic mass is 35.5. The maximum Gasteiger partial charge on any atom is 0.230 e. The number of anilines is 1. The zero-order chi connectivity index (χ0) is 17.1. The molecule has 3 rings (SSSR count). The molecule has 24 heavy (non-hydrogen) atoms. The highest BCUT2D eigenvalue weighted by Crippen LogP contribution is 2.29. The zero-order valence-electron chi connectivity index (χ0n) is 13.1. The molecule has 1 heterocycles. The Kier molecular flexibility index (Phi) is 4.87. The third-order valence-electron chi connectivity index (χ3n) is 3.44. The largest absolute Gasteiger partial charge is 0.497 e. The highest BCUT2D eigenvalue weighted by molar-refractivity contribution is 7.22. The number of ether oxygens (including phenoxy) is 2. The molecule has 0 aliphatic carbocycles. The summed E-state index contributed by atoms with van der Waals surface area (Å²) >= 11 is 7.35. The van der Waals surface area contributed by atoms with E-state index in [2.05, 4.69) is 10.3 Å². The molecule has 0 spiro atoms. The molecule has 0 aliphatic heterocycles. The fourth-order valence-corrected chi connectivity index (χ4v) is 3.47. The molecule has 0 saturated heterocycles. The molecule has 0 fully saturated rings. The molecule has 1 amide bonds. The average molecular weight is 363 g/mol. The van der Waals surface area contributed by atoms with E-state index >= 15 is 0 Å². The van der Waals surface area contributed by atoms with Gasteiger partial charge < -0.3 is 14.8 Å². The summed E-state index contributed by atoms with van der Waals surface area (Å²) in [6, 6.07) is 10.8. The summed E-state index contributed by atoms with van der Waals surface area (Å²) in [7, 11) is 3.15. The minimum Gasteiger partial charge on any atom is -0.497 e. The van der Waals surface area contributed by atoms with E-state index in [0.29, 0.717) is 21.7 Å². The van der Waals surface area contributed by atoms with Crippen LogP contribution in [0.2, 0.25) is 5.02 Å². The first-order chi connectivity index (χ1) is 11.6. The number of hydrogen-bond donors (Lipinski definition) is 1. The quantitative estimate of drug-likeness (QED) is 0.740. The Morgan fingerprint density at radius 3 is 2.79 bits per heavy atom. The van der Waals surface area contributed by atoms with Gasteiger partial charge >= 0.3 is 0 Å². The summed E-state index contributed by atoms with van der Waals surface area (Å²) in [6.45, 7) is 0. The van der Waals surface area contributed by atoms with Crippen LogP contribution in [0.25, 0.3) is 10.2 Å². The molecule has 2 aromatic carbocycles. The minimum atomic E-state index is -0.174. The normalized spacial score (nSPS) is 10.6. The molecule has 0 unspecified atom stereocenters. The molecular weight excluding hydrogens is 348 g/mol. The van der Waals surface area contributed by atoms with Crippen LogP contribution >= 0.6 is 22.9 Å². The van der Waals surface area contributed by atoms with Gasteiger partial charge in [0.15, 0.2) is 5.13 Å². The average Bonchev–Trinajstić information content (AvgIpc) is 2.95. The summed E-state index contributed by atoms with van der Waals surface area (Å²) in [5, 5.41) is 4.00. The van der Waals surface area contributed by atoms with Gasteiger partial charge in [-0.1, -0.05) is 22.9 Å². The topological polar surface area (TPSA) is 60.5 Å². The molecule has 0 bridgehead atoms. The van der Waals surface area contributed by atoms with Crippen molar-refractivity contribution < 1.29 is 14.3 Å². The van der Waals surface area contributed by atoms with Gasteiger partial charge in [0.25, 0.3) is 0 Å². The van der Waals surface area contributed by atoms with Crippen molar-refractivity contribution in [1.82, 2.24) is 4.98 Å². The van der Waals surface area contributed by atoms with Gasteiger partial charge in [0, 0.05) is 10.6 Å². The highest BCUT2D eigenvalue weighted by Gasteiger charge is 2.13. The molecule has 1 aromatic heterocycles. The second-order valence-corrected chi connectivity index (χ2v) is 6.50. The van der Waals surface area contributed by atoms with E-state index in [0.717, 1.165) is 15.8 Å². The molecule has 5 nitrogen and oxygen atoms in total. The lowest BCUT2D eigenvalue weighted by atomic mass is 10.1. The lowest BCUT2D eigenvalue weighted by Crippen LogP contribution is -2.14. The maximum absolute atomic E-state index is 12.3. The van der Waals surface area contributed by atoms with Crippen LogP contribution < -0.4 is 14.8 Å². The van der Waals surface area contributed by atoms with Crippen LogP contribution in [0.3, 0.4) is 0 Å². The molecule has 0 saturated carbocycles. The molecule has 1 N–H and O–H groups in total. The van der Waals surface area contributed by atoms with Crippen molar-refractivity contribution in [2.45, 2.75) is 6.42 Å². The van der Waals surface area contributed by atoms with Crippen LogP contribution in [0.5, 0.6) is 11.5 Å². The number of benzene rings is 2. The first-order valence-corrected chi connectivity index (χ1v) is 8.35.